The molecule has 0 radical (unpaired) electrons. The van der Waals surface area contributed by atoms with Crippen LogP contribution in [0, 0.1) is 0 Å². The Morgan fingerprint density at radius 2 is 1.81 bits per heavy atom. The Balaban J connectivity index is 1.81. The predicted octanol–water partition coefficient (Wildman–Crippen LogP) is 2.95. The van der Waals surface area contributed by atoms with Crippen molar-refractivity contribution < 1.29 is 19.1 Å². The lowest BCUT2D eigenvalue weighted by Gasteiger charge is -2.29. The fraction of sp³-hybridized carbons (Fsp3) is 0.286. The lowest BCUT2D eigenvalue weighted by molar-refractivity contribution is -0.121. The molecule has 0 saturated heterocycles. The number of hydrogen-bond acceptors (Lipinski definition) is 4. The smallest absolute Gasteiger partial charge is 0.265 e. The first-order valence-corrected chi connectivity index (χ1v) is 8.95. The predicted molar refractivity (Wildman–Crippen MR) is 102 cm³/mol. The molecule has 2 aromatic carbocycles. The van der Waals surface area contributed by atoms with Gasteiger partial charge in [-0.15, -0.1) is 0 Å². The summed E-state index contributed by atoms with van der Waals surface area (Å²) < 4.78 is 5.47. The molecule has 0 bridgehead atoms. The molecule has 0 saturated carbocycles. The van der Waals surface area contributed by atoms with Gasteiger partial charge in [-0.25, -0.2) is 0 Å². The second-order valence-electron chi connectivity index (χ2n) is 6.46. The van der Waals surface area contributed by atoms with Gasteiger partial charge < -0.3 is 15.0 Å². The van der Waals surface area contributed by atoms with E-state index in [1.807, 2.05) is 19.1 Å². The van der Waals surface area contributed by atoms with Crippen LogP contribution in [-0.4, -0.2) is 30.7 Å². The number of hydrogen-bond donors (Lipinski definition) is 1. The number of rotatable bonds is 6. The van der Waals surface area contributed by atoms with E-state index in [1.165, 1.54) is 6.92 Å². The first-order valence-electron chi connectivity index (χ1n) is 8.95. The molecule has 6 heteroatoms. The monoisotopic (exact) mass is 366 g/mol. The average molecular weight is 366 g/mol. The first-order chi connectivity index (χ1) is 13.0. The first kappa shape index (κ1) is 18.6. The minimum Gasteiger partial charge on any atom is -0.482 e. The molecule has 0 fully saturated rings. The standard InChI is InChI=1S/C21H22N2O4/c1-3-10-22-21(26)16-6-4-15(5-7-16)12-23-18-11-17(14(2)24)8-9-19(18)27-13-20(23)25/h4-9,11H,3,10,12-13H2,1-2H3,(H,22,26). The lowest BCUT2D eigenvalue weighted by atomic mass is 10.1. The highest BCUT2D eigenvalue weighted by atomic mass is 16.5. The van der Waals surface area contributed by atoms with Gasteiger partial charge in [0.05, 0.1) is 12.2 Å². The van der Waals surface area contributed by atoms with Crippen LogP contribution in [0.15, 0.2) is 42.5 Å². The van der Waals surface area contributed by atoms with Gasteiger partial charge >= 0.3 is 0 Å². The van der Waals surface area contributed by atoms with E-state index in [1.54, 1.807) is 35.2 Å². The van der Waals surface area contributed by atoms with Crippen LogP contribution in [0.1, 0.15) is 46.5 Å². The Hall–Kier alpha value is -3.15. The average Bonchev–Trinajstić information content (AvgIpc) is 2.68. The van der Waals surface area contributed by atoms with Crippen LogP contribution in [0.5, 0.6) is 5.75 Å². The summed E-state index contributed by atoms with van der Waals surface area (Å²) >= 11 is 0. The topological polar surface area (TPSA) is 75.7 Å². The molecule has 3 rings (SSSR count). The molecular weight excluding hydrogens is 344 g/mol. The molecule has 140 valence electrons. The van der Waals surface area contributed by atoms with Gasteiger partial charge in [-0.05, 0) is 49.2 Å². The van der Waals surface area contributed by atoms with Crippen molar-refractivity contribution in [3.8, 4) is 5.75 Å². The van der Waals surface area contributed by atoms with Gasteiger partial charge in [-0.3, -0.25) is 14.4 Å². The number of ketones is 1. The van der Waals surface area contributed by atoms with Gasteiger partial charge in [0.25, 0.3) is 11.8 Å². The largest absolute Gasteiger partial charge is 0.482 e. The molecule has 1 N–H and O–H groups in total. The van der Waals surface area contributed by atoms with E-state index in [-0.39, 0.29) is 24.2 Å². The molecule has 6 nitrogen and oxygen atoms in total. The minimum atomic E-state index is -0.173. The van der Waals surface area contributed by atoms with E-state index >= 15 is 0 Å². The number of nitrogens with one attached hydrogen (secondary N) is 1. The number of amides is 2. The van der Waals surface area contributed by atoms with Crippen molar-refractivity contribution >= 4 is 23.3 Å². The van der Waals surface area contributed by atoms with Gasteiger partial charge in [-0.1, -0.05) is 19.1 Å². The maximum atomic E-state index is 12.4. The van der Waals surface area contributed by atoms with Gasteiger partial charge in [0.1, 0.15) is 5.75 Å². The summed E-state index contributed by atoms with van der Waals surface area (Å²) in [6, 6.07) is 12.2. The molecule has 0 aliphatic carbocycles. The molecule has 2 amide bonds. The van der Waals surface area contributed by atoms with Crippen LogP contribution in [0.4, 0.5) is 5.69 Å². The van der Waals surface area contributed by atoms with E-state index in [0.717, 1.165) is 12.0 Å². The number of nitrogens with zero attached hydrogens (tertiary/aromatic N) is 1. The Morgan fingerprint density at radius 3 is 2.48 bits per heavy atom. The van der Waals surface area contributed by atoms with E-state index in [9.17, 15) is 14.4 Å². The third-order valence-electron chi connectivity index (χ3n) is 4.40. The van der Waals surface area contributed by atoms with E-state index in [0.29, 0.717) is 35.7 Å². The number of anilines is 1. The lowest BCUT2D eigenvalue weighted by Crippen LogP contribution is -2.38. The van der Waals surface area contributed by atoms with Crippen LogP contribution in [0.2, 0.25) is 0 Å². The minimum absolute atomic E-state index is 0.0378. The highest BCUT2D eigenvalue weighted by Gasteiger charge is 2.26. The third kappa shape index (κ3) is 4.16. The van der Waals surface area contributed by atoms with Gasteiger partial charge in [0, 0.05) is 17.7 Å². The summed E-state index contributed by atoms with van der Waals surface area (Å²) in [7, 11) is 0. The van der Waals surface area contributed by atoms with Crippen molar-refractivity contribution in [3.63, 3.8) is 0 Å². The molecule has 0 unspecified atom stereocenters. The molecule has 0 atom stereocenters. The Morgan fingerprint density at radius 1 is 1.11 bits per heavy atom. The summed E-state index contributed by atoms with van der Waals surface area (Å²) in [5, 5.41) is 2.83. The Labute approximate surface area is 158 Å². The summed E-state index contributed by atoms with van der Waals surface area (Å²) in [5.41, 5.74) is 2.58. The number of carbonyl (C=O) groups excluding carboxylic acids is 3. The highest BCUT2D eigenvalue weighted by Crippen LogP contribution is 2.34. The molecule has 0 aromatic heterocycles. The second kappa shape index (κ2) is 8.03. The summed E-state index contributed by atoms with van der Waals surface area (Å²) in [6.07, 6.45) is 0.880. The summed E-state index contributed by atoms with van der Waals surface area (Å²) in [4.78, 5) is 37.7. The molecule has 2 aromatic rings. The molecule has 1 aliphatic rings. The molecule has 1 heterocycles. The van der Waals surface area contributed by atoms with Crippen molar-refractivity contribution in [1.29, 1.82) is 0 Å². The maximum Gasteiger partial charge on any atom is 0.265 e. The van der Waals surface area contributed by atoms with E-state index in [2.05, 4.69) is 5.32 Å². The van der Waals surface area contributed by atoms with Crippen molar-refractivity contribution in [2.24, 2.45) is 0 Å². The normalized spacial score (nSPS) is 13.0. The van der Waals surface area contributed by atoms with Crippen molar-refractivity contribution in [2.75, 3.05) is 18.1 Å². The van der Waals surface area contributed by atoms with Gasteiger partial charge in [0.2, 0.25) is 0 Å². The summed E-state index contributed by atoms with van der Waals surface area (Å²) in [6.45, 7) is 4.42. The molecule has 27 heavy (non-hydrogen) atoms. The molecule has 0 spiro atoms. The molecule has 1 aliphatic heterocycles. The molecular formula is C21H22N2O4. The van der Waals surface area contributed by atoms with Gasteiger partial charge in [0.15, 0.2) is 12.4 Å². The third-order valence-corrected chi connectivity index (χ3v) is 4.40. The maximum absolute atomic E-state index is 12.4. The van der Waals surface area contributed by atoms with Crippen LogP contribution in [0.25, 0.3) is 0 Å². The Bertz CT molecular complexity index is 874. The summed E-state index contributed by atoms with van der Waals surface area (Å²) in [5.74, 6) is 0.226. The SMILES string of the molecule is CCCNC(=O)c1ccc(CN2C(=O)COc3ccc(C(C)=O)cc32)cc1. The quantitative estimate of drug-likeness (QED) is 0.798. The highest BCUT2D eigenvalue weighted by molar-refractivity contribution is 6.01. The van der Waals surface area contributed by atoms with Crippen LogP contribution >= 0.6 is 0 Å². The zero-order chi connectivity index (χ0) is 19.4. The number of fused-ring (bicyclic) bond motifs is 1. The second-order valence-corrected chi connectivity index (χ2v) is 6.46. The number of Topliss-reactive ketones (excluding diaryl/α,β-unsaturated/α-hetero) is 1. The fourth-order valence-electron chi connectivity index (χ4n) is 2.88. The zero-order valence-electron chi connectivity index (χ0n) is 15.5. The number of benzene rings is 2. The van der Waals surface area contributed by atoms with E-state index in [4.69, 9.17) is 4.74 Å². The number of carbonyl (C=O) groups is 3. The van der Waals surface area contributed by atoms with Crippen molar-refractivity contribution in [2.45, 2.75) is 26.8 Å². The van der Waals surface area contributed by atoms with Crippen LogP contribution < -0.4 is 15.0 Å². The van der Waals surface area contributed by atoms with Gasteiger partial charge in [-0.2, -0.15) is 0 Å². The Kier molecular flexibility index (Phi) is 5.54. The van der Waals surface area contributed by atoms with E-state index < -0.39 is 0 Å². The van der Waals surface area contributed by atoms with Crippen molar-refractivity contribution in [1.82, 2.24) is 5.32 Å². The number of ether oxygens (including phenoxy) is 1. The fourth-order valence-corrected chi connectivity index (χ4v) is 2.88. The van der Waals surface area contributed by atoms with Crippen LogP contribution in [0.3, 0.4) is 0 Å². The van der Waals surface area contributed by atoms with Crippen LogP contribution in [-0.2, 0) is 11.3 Å². The van der Waals surface area contributed by atoms with Crippen molar-refractivity contribution in [3.05, 3.63) is 59.2 Å². The zero-order valence-corrected chi connectivity index (χ0v) is 15.5.